The maximum absolute atomic E-state index is 5.24. The minimum Gasteiger partial charge on any atom is -0.361 e. The van der Waals surface area contributed by atoms with Crippen molar-refractivity contribution in [1.29, 1.82) is 0 Å². The Kier molecular flexibility index (Phi) is 4.24. The fraction of sp³-hybridized carbons (Fsp3) is 0.312. The van der Waals surface area contributed by atoms with Crippen LogP contribution in [0, 0.1) is 13.8 Å². The van der Waals surface area contributed by atoms with Crippen LogP contribution in [0.2, 0.25) is 0 Å². The number of hydrogen-bond acceptors (Lipinski definition) is 5. The van der Waals surface area contributed by atoms with E-state index in [2.05, 4.69) is 46.4 Å². The molecule has 1 atom stereocenters. The van der Waals surface area contributed by atoms with Gasteiger partial charge in [0.2, 0.25) is 0 Å². The molecule has 110 valence electrons. The maximum atomic E-state index is 5.24. The van der Waals surface area contributed by atoms with Gasteiger partial charge in [-0.15, -0.1) is 22.7 Å². The average Bonchev–Trinajstić information content (AvgIpc) is 3.17. The van der Waals surface area contributed by atoms with Crippen molar-refractivity contribution in [3.63, 3.8) is 0 Å². The molecule has 5 heteroatoms. The van der Waals surface area contributed by atoms with Crippen molar-refractivity contribution in [3.8, 4) is 10.4 Å². The summed E-state index contributed by atoms with van der Waals surface area (Å²) < 4.78 is 5.24. The van der Waals surface area contributed by atoms with Gasteiger partial charge in [-0.3, -0.25) is 0 Å². The summed E-state index contributed by atoms with van der Waals surface area (Å²) >= 11 is 3.58. The molecule has 0 fully saturated rings. The predicted molar refractivity (Wildman–Crippen MR) is 88.9 cm³/mol. The molecule has 3 aromatic rings. The van der Waals surface area contributed by atoms with E-state index < -0.39 is 0 Å². The lowest BCUT2D eigenvalue weighted by molar-refractivity contribution is 0.390. The lowest BCUT2D eigenvalue weighted by Crippen LogP contribution is -2.18. The quantitative estimate of drug-likeness (QED) is 0.724. The first-order chi connectivity index (χ1) is 10.1. The lowest BCUT2D eigenvalue weighted by Gasteiger charge is -2.12. The van der Waals surface area contributed by atoms with Gasteiger partial charge in [0.05, 0.1) is 5.69 Å². The molecule has 0 saturated heterocycles. The summed E-state index contributed by atoms with van der Waals surface area (Å²) in [7, 11) is 0. The monoisotopic (exact) mass is 318 g/mol. The topological polar surface area (TPSA) is 38.1 Å². The largest absolute Gasteiger partial charge is 0.361 e. The van der Waals surface area contributed by atoms with Gasteiger partial charge in [-0.25, -0.2) is 0 Å². The molecule has 0 radical (unpaired) electrons. The van der Waals surface area contributed by atoms with Crippen molar-refractivity contribution in [2.75, 3.05) is 0 Å². The molecule has 0 bridgehead atoms. The highest BCUT2D eigenvalue weighted by atomic mass is 32.1. The van der Waals surface area contributed by atoms with E-state index in [1.54, 1.807) is 22.7 Å². The molecule has 0 saturated carbocycles. The Morgan fingerprint density at radius 2 is 2.19 bits per heavy atom. The standard InChI is InChI=1S/C16H18N2OS2/c1-10(16-11(2)18-19-12(16)3)17-8-14-7-13(9-21-14)15-5-4-6-20-15/h4-7,9-10,17H,8H2,1-3H3. The second-order valence-electron chi connectivity index (χ2n) is 5.12. The van der Waals surface area contributed by atoms with Crippen LogP contribution >= 0.6 is 22.7 Å². The molecule has 3 rings (SSSR count). The van der Waals surface area contributed by atoms with E-state index in [4.69, 9.17) is 4.52 Å². The van der Waals surface area contributed by atoms with Gasteiger partial charge in [0.1, 0.15) is 5.76 Å². The molecule has 3 nitrogen and oxygen atoms in total. The number of nitrogens with zero attached hydrogens (tertiary/aromatic N) is 1. The Balaban J connectivity index is 1.66. The highest BCUT2D eigenvalue weighted by Gasteiger charge is 2.16. The minimum atomic E-state index is 0.239. The summed E-state index contributed by atoms with van der Waals surface area (Å²) in [6, 6.07) is 6.76. The summed E-state index contributed by atoms with van der Waals surface area (Å²) in [6.07, 6.45) is 0. The molecule has 1 unspecified atom stereocenters. The lowest BCUT2D eigenvalue weighted by atomic mass is 10.1. The van der Waals surface area contributed by atoms with Crippen molar-refractivity contribution in [1.82, 2.24) is 10.5 Å². The summed E-state index contributed by atoms with van der Waals surface area (Å²) in [5, 5.41) is 11.9. The van der Waals surface area contributed by atoms with Gasteiger partial charge in [0, 0.05) is 33.5 Å². The van der Waals surface area contributed by atoms with Crippen LogP contribution in [0.25, 0.3) is 10.4 Å². The van der Waals surface area contributed by atoms with Crippen LogP contribution in [0.15, 0.2) is 33.5 Å². The molecule has 3 heterocycles. The Morgan fingerprint density at radius 3 is 2.86 bits per heavy atom. The highest BCUT2D eigenvalue weighted by molar-refractivity contribution is 7.14. The van der Waals surface area contributed by atoms with Crippen LogP contribution in [0.5, 0.6) is 0 Å². The molecular weight excluding hydrogens is 300 g/mol. The van der Waals surface area contributed by atoms with Gasteiger partial charge in [-0.2, -0.15) is 0 Å². The molecule has 0 aliphatic heterocycles. The molecular formula is C16H18N2OS2. The summed E-state index contributed by atoms with van der Waals surface area (Å²) in [5.74, 6) is 0.901. The van der Waals surface area contributed by atoms with Crippen LogP contribution in [-0.4, -0.2) is 5.16 Å². The van der Waals surface area contributed by atoms with E-state index in [1.807, 2.05) is 13.8 Å². The number of nitrogens with one attached hydrogen (secondary N) is 1. The summed E-state index contributed by atoms with van der Waals surface area (Å²) in [4.78, 5) is 2.67. The Labute approximate surface area is 132 Å². The number of aryl methyl sites for hydroxylation is 2. The van der Waals surface area contributed by atoms with Gasteiger partial charge < -0.3 is 9.84 Å². The van der Waals surface area contributed by atoms with E-state index >= 15 is 0 Å². The van der Waals surface area contributed by atoms with Gasteiger partial charge >= 0.3 is 0 Å². The molecule has 0 spiro atoms. The Morgan fingerprint density at radius 1 is 1.33 bits per heavy atom. The zero-order chi connectivity index (χ0) is 14.8. The van der Waals surface area contributed by atoms with Gasteiger partial charge in [0.15, 0.2) is 0 Å². The van der Waals surface area contributed by atoms with Crippen LogP contribution in [0.4, 0.5) is 0 Å². The van der Waals surface area contributed by atoms with Gasteiger partial charge in [0.25, 0.3) is 0 Å². The number of aromatic nitrogens is 1. The Bertz CT molecular complexity index is 693. The first kappa shape index (κ1) is 14.5. The molecule has 0 amide bonds. The van der Waals surface area contributed by atoms with E-state index in [-0.39, 0.29) is 6.04 Å². The fourth-order valence-electron chi connectivity index (χ4n) is 2.51. The van der Waals surface area contributed by atoms with Crippen LogP contribution in [0.1, 0.15) is 34.9 Å². The molecule has 0 aliphatic rings. The van der Waals surface area contributed by atoms with E-state index in [9.17, 15) is 0 Å². The van der Waals surface area contributed by atoms with Crippen LogP contribution in [0.3, 0.4) is 0 Å². The number of rotatable bonds is 5. The third-order valence-electron chi connectivity index (χ3n) is 3.56. The van der Waals surface area contributed by atoms with Gasteiger partial charge in [-0.1, -0.05) is 11.2 Å². The highest BCUT2D eigenvalue weighted by Crippen LogP contribution is 2.29. The Hall–Kier alpha value is -1.43. The van der Waals surface area contributed by atoms with Crippen molar-refractivity contribution in [3.05, 3.63) is 50.9 Å². The third-order valence-corrected chi connectivity index (χ3v) is 5.42. The first-order valence-corrected chi connectivity index (χ1v) is 8.68. The van der Waals surface area contributed by atoms with E-state index in [1.165, 1.54) is 20.9 Å². The number of hydrogen-bond donors (Lipinski definition) is 1. The predicted octanol–water partition coefficient (Wildman–Crippen LogP) is 4.93. The fourth-order valence-corrected chi connectivity index (χ4v) is 4.13. The smallest absolute Gasteiger partial charge is 0.138 e. The summed E-state index contributed by atoms with van der Waals surface area (Å²) in [6.45, 7) is 6.97. The first-order valence-electron chi connectivity index (χ1n) is 6.92. The average molecular weight is 318 g/mol. The second kappa shape index (κ2) is 6.13. The van der Waals surface area contributed by atoms with Crippen molar-refractivity contribution in [2.45, 2.75) is 33.4 Å². The molecule has 0 aliphatic carbocycles. The minimum absolute atomic E-state index is 0.239. The molecule has 3 aromatic heterocycles. The molecule has 0 aromatic carbocycles. The summed E-state index contributed by atoms with van der Waals surface area (Å²) in [5.41, 5.74) is 3.46. The van der Waals surface area contributed by atoms with E-state index in [0.717, 1.165) is 18.0 Å². The maximum Gasteiger partial charge on any atom is 0.138 e. The van der Waals surface area contributed by atoms with E-state index in [0.29, 0.717) is 0 Å². The number of thiophene rings is 2. The van der Waals surface area contributed by atoms with Crippen molar-refractivity contribution in [2.24, 2.45) is 0 Å². The molecule has 1 N–H and O–H groups in total. The zero-order valence-corrected chi connectivity index (χ0v) is 14.0. The van der Waals surface area contributed by atoms with Gasteiger partial charge in [-0.05, 0) is 43.7 Å². The normalized spacial score (nSPS) is 12.7. The van der Waals surface area contributed by atoms with Crippen LogP contribution in [-0.2, 0) is 6.54 Å². The third kappa shape index (κ3) is 3.10. The second-order valence-corrected chi connectivity index (χ2v) is 7.06. The molecule has 21 heavy (non-hydrogen) atoms. The zero-order valence-electron chi connectivity index (χ0n) is 12.3. The van der Waals surface area contributed by atoms with Crippen LogP contribution < -0.4 is 5.32 Å². The van der Waals surface area contributed by atoms with Crippen molar-refractivity contribution >= 4 is 22.7 Å². The SMILES string of the molecule is Cc1noc(C)c1C(C)NCc1cc(-c2cccs2)cs1. The van der Waals surface area contributed by atoms with Crippen molar-refractivity contribution < 1.29 is 4.52 Å².